The van der Waals surface area contributed by atoms with Gasteiger partial charge in [0.2, 0.25) is 0 Å². The fraction of sp³-hybridized carbons (Fsp3) is 0.450. The lowest BCUT2D eigenvalue weighted by Gasteiger charge is -2.31. The van der Waals surface area contributed by atoms with E-state index in [0.29, 0.717) is 37.2 Å². The summed E-state index contributed by atoms with van der Waals surface area (Å²) in [5, 5.41) is 7.13. The normalized spacial score (nSPS) is 15.2. The van der Waals surface area contributed by atoms with Gasteiger partial charge in [0.25, 0.3) is 5.91 Å². The number of hydrogen-bond acceptors (Lipinski definition) is 4. The number of aromatic amines is 1. The Morgan fingerprint density at radius 2 is 1.85 bits per heavy atom. The number of amides is 1. The van der Waals surface area contributed by atoms with E-state index in [1.54, 1.807) is 36.3 Å². The molecule has 1 fully saturated rings. The van der Waals surface area contributed by atoms with Gasteiger partial charge in [0.05, 0.1) is 17.3 Å². The van der Waals surface area contributed by atoms with E-state index in [1.165, 1.54) is 0 Å². The van der Waals surface area contributed by atoms with Crippen molar-refractivity contribution >= 4 is 27.6 Å². The maximum atomic E-state index is 12.8. The molecule has 144 valence electrons. The number of aromatic nitrogens is 2. The first kappa shape index (κ1) is 19.6. The van der Waals surface area contributed by atoms with E-state index in [4.69, 9.17) is 4.74 Å². The molecule has 1 aromatic heterocycles. The quantitative estimate of drug-likeness (QED) is 0.721. The van der Waals surface area contributed by atoms with Gasteiger partial charge in [-0.05, 0) is 59.0 Å². The standard InChI is InChI=1S/C20H24BrN3O3/c1-12(2)17-16(21)18(23-22-17)20(26)24-10-8-14(9-11-24)19(25)13-4-6-15(27-3)7-5-13/h4-7,12,14H,8-11H2,1-3H3,(H,22,23). The van der Waals surface area contributed by atoms with E-state index in [-0.39, 0.29) is 23.5 Å². The molecule has 0 saturated carbocycles. The zero-order valence-corrected chi connectivity index (χ0v) is 17.4. The zero-order valence-electron chi connectivity index (χ0n) is 15.8. The van der Waals surface area contributed by atoms with Crippen molar-refractivity contribution in [3.05, 3.63) is 45.7 Å². The number of likely N-dealkylation sites (tertiary alicyclic amines) is 1. The molecular formula is C20H24BrN3O3. The summed E-state index contributed by atoms with van der Waals surface area (Å²) in [6, 6.07) is 7.19. The van der Waals surface area contributed by atoms with Crippen LogP contribution in [0.2, 0.25) is 0 Å². The van der Waals surface area contributed by atoms with E-state index in [9.17, 15) is 9.59 Å². The molecule has 0 unspecified atom stereocenters. The molecule has 1 aliphatic heterocycles. The summed E-state index contributed by atoms with van der Waals surface area (Å²) >= 11 is 3.49. The summed E-state index contributed by atoms with van der Waals surface area (Å²) in [7, 11) is 1.60. The lowest BCUT2D eigenvalue weighted by molar-refractivity contribution is 0.0645. The minimum atomic E-state index is -0.0969. The van der Waals surface area contributed by atoms with Gasteiger partial charge in [-0.1, -0.05) is 13.8 Å². The molecule has 1 aromatic carbocycles. The number of hydrogen-bond donors (Lipinski definition) is 1. The number of methoxy groups -OCH3 is 1. The number of benzene rings is 1. The van der Waals surface area contributed by atoms with Gasteiger partial charge in [0.1, 0.15) is 5.75 Å². The minimum Gasteiger partial charge on any atom is -0.497 e. The molecule has 3 rings (SSSR count). The van der Waals surface area contributed by atoms with Gasteiger partial charge in [-0.15, -0.1) is 0 Å². The maximum Gasteiger partial charge on any atom is 0.275 e. The fourth-order valence-electron chi connectivity index (χ4n) is 3.35. The van der Waals surface area contributed by atoms with Crippen molar-refractivity contribution in [1.29, 1.82) is 0 Å². The number of H-pyrrole nitrogens is 1. The first-order valence-electron chi connectivity index (χ1n) is 9.13. The van der Waals surface area contributed by atoms with Crippen LogP contribution in [-0.4, -0.2) is 47.0 Å². The molecule has 1 amide bonds. The Morgan fingerprint density at radius 3 is 2.37 bits per heavy atom. The maximum absolute atomic E-state index is 12.8. The summed E-state index contributed by atoms with van der Waals surface area (Å²) in [6.45, 7) is 5.20. The Labute approximate surface area is 167 Å². The molecule has 0 spiro atoms. The van der Waals surface area contributed by atoms with Crippen LogP contribution < -0.4 is 4.74 Å². The molecule has 0 bridgehead atoms. The van der Waals surface area contributed by atoms with Crippen molar-refractivity contribution in [2.75, 3.05) is 20.2 Å². The summed E-state index contributed by atoms with van der Waals surface area (Å²) in [6.07, 6.45) is 1.32. The van der Waals surface area contributed by atoms with E-state index in [1.807, 2.05) is 13.8 Å². The fourth-order valence-corrected chi connectivity index (χ4v) is 4.16. The van der Waals surface area contributed by atoms with Crippen LogP contribution in [0.5, 0.6) is 5.75 Å². The number of halogens is 1. The molecule has 0 atom stereocenters. The zero-order chi connectivity index (χ0) is 19.6. The molecule has 7 heteroatoms. The predicted octanol–water partition coefficient (Wildman–Crippen LogP) is 4.04. The smallest absolute Gasteiger partial charge is 0.275 e. The van der Waals surface area contributed by atoms with Crippen LogP contribution in [0, 0.1) is 5.92 Å². The number of nitrogens with one attached hydrogen (secondary N) is 1. The number of Topliss-reactive ketones (excluding diaryl/α,β-unsaturated/α-hetero) is 1. The monoisotopic (exact) mass is 433 g/mol. The third kappa shape index (κ3) is 4.08. The van der Waals surface area contributed by atoms with Crippen LogP contribution in [-0.2, 0) is 0 Å². The molecular weight excluding hydrogens is 410 g/mol. The van der Waals surface area contributed by atoms with Crippen LogP contribution in [0.1, 0.15) is 59.1 Å². The van der Waals surface area contributed by atoms with Crippen LogP contribution in [0.25, 0.3) is 0 Å². The summed E-state index contributed by atoms with van der Waals surface area (Å²) < 4.78 is 5.87. The molecule has 2 heterocycles. The summed E-state index contributed by atoms with van der Waals surface area (Å²) in [5.41, 5.74) is 2.03. The second kappa shape index (κ2) is 8.25. The average Bonchev–Trinajstić information content (AvgIpc) is 3.08. The van der Waals surface area contributed by atoms with Crippen LogP contribution in [0.15, 0.2) is 28.7 Å². The third-order valence-corrected chi connectivity index (χ3v) is 5.84. The Balaban J connectivity index is 1.62. The largest absolute Gasteiger partial charge is 0.497 e. The Hall–Kier alpha value is -2.15. The predicted molar refractivity (Wildman–Crippen MR) is 106 cm³/mol. The van der Waals surface area contributed by atoms with Crippen molar-refractivity contribution in [2.45, 2.75) is 32.6 Å². The van der Waals surface area contributed by atoms with E-state index >= 15 is 0 Å². The molecule has 1 saturated heterocycles. The molecule has 2 aromatic rings. The first-order valence-corrected chi connectivity index (χ1v) is 9.93. The Kier molecular flexibility index (Phi) is 5.99. The number of rotatable bonds is 5. The lowest BCUT2D eigenvalue weighted by atomic mass is 9.88. The van der Waals surface area contributed by atoms with E-state index in [2.05, 4.69) is 26.1 Å². The highest BCUT2D eigenvalue weighted by molar-refractivity contribution is 9.10. The van der Waals surface area contributed by atoms with Crippen molar-refractivity contribution in [3.8, 4) is 5.75 Å². The number of nitrogens with zero attached hydrogens (tertiary/aromatic N) is 2. The summed E-state index contributed by atoms with van der Waals surface area (Å²) in [5.74, 6) is 0.961. The molecule has 27 heavy (non-hydrogen) atoms. The van der Waals surface area contributed by atoms with Gasteiger partial charge in [-0.2, -0.15) is 5.10 Å². The van der Waals surface area contributed by atoms with Crippen LogP contribution >= 0.6 is 15.9 Å². The molecule has 1 aliphatic rings. The van der Waals surface area contributed by atoms with Gasteiger partial charge in [0.15, 0.2) is 11.5 Å². The molecule has 1 N–H and O–H groups in total. The van der Waals surface area contributed by atoms with Crippen molar-refractivity contribution in [1.82, 2.24) is 15.1 Å². The van der Waals surface area contributed by atoms with Crippen molar-refractivity contribution in [3.63, 3.8) is 0 Å². The van der Waals surface area contributed by atoms with E-state index < -0.39 is 0 Å². The van der Waals surface area contributed by atoms with Crippen molar-refractivity contribution < 1.29 is 14.3 Å². The number of carbonyl (C=O) groups is 2. The topological polar surface area (TPSA) is 75.3 Å². The van der Waals surface area contributed by atoms with Gasteiger partial charge >= 0.3 is 0 Å². The molecule has 0 radical (unpaired) electrons. The number of ether oxygens (including phenoxy) is 1. The highest BCUT2D eigenvalue weighted by Gasteiger charge is 2.30. The highest BCUT2D eigenvalue weighted by Crippen LogP contribution is 2.28. The average molecular weight is 434 g/mol. The number of piperidine rings is 1. The molecule has 6 nitrogen and oxygen atoms in total. The lowest BCUT2D eigenvalue weighted by Crippen LogP contribution is -2.40. The van der Waals surface area contributed by atoms with Crippen molar-refractivity contribution in [2.24, 2.45) is 5.92 Å². The van der Waals surface area contributed by atoms with Crippen LogP contribution in [0.3, 0.4) is 0 Å². The SMILES string of the molecule is COc1ccc(C(=O)C2CCN(C(=O)c3n[nH]c(C(C)C)c3Br)CC2)cc1. The minimum absolute atomic E-state index is 0.0590. The van der Waals surface area contributed by atoms with Gasteiger partial charge in [-0.25, -0.2) is 0 Å². The third-order valence-electron chi connectivity index (χ3n) is 5.04. The molecule has 0 aliphatic carbocycles. The highest BCUT2D eigenvalue weighted by atomic mass is 79.9. The second-order valence-corrected chi connectivity index (χ2v) is 7.91. The second-order valence-electron chi connectivity index (χ2n) is 7.11. The Bertz CT molecular complexity index is 821. The van der Waals surface area contributed by atoms with Gasteiger partial charge in [-0.3, -0.25) is 14.7 Å². The number of carbonyl (C=O) groups excluding carboxylic acids is 2. The van der Waals surface area contributed by atoms with Gasteiger partial charge < -0.3 is 9.64 Å². The van der Waals surface area contributed by atoms with E-state index in [0.717, 1.165) is 15.9 Å². The Morgan fingerprint density at radius 1 is 1.22 bits per heavy atom. The number of ketones is 1. The summed E-state index contributed by atoms with van der Waals surface area (Å²) in [4.78, 5) is 27.3. The van der Waals surface area contributed by atoms with Gasteiger partial charge in [0, 0.05) is 24.6 Å². The van der Waals surface area contributed by atoms with Crippen LogP contribution in [0.4, 0.5) is 0 Å². The first-order chi connectivity index (χ1) is 12.9.